The smallest absolute Gasteiger partial charge is 0.259 e. The highest BCUT2D eigenvalue weighted by atomic mass is 16.3. The first kappa shape index (κ1) is 13.9. The number of amides is 1. The first-order valence-electron chi connectivity index (χ1n) is 6.18. The second-order valence-electron chi connectivity index (χ2n) is 4.32. The second kappa shape index (κ2) is 6.09. The lowest BCUT2D eigenvalue weighted by atomic mass is 10.2. The summed E-state index contributed by atoms with van der Waals surface area (Å²) in [5.41, 5.74) is 1.91. The third kappa shape index (κ3) is 3.28. The molecule has 0 aliphatic heterocycles. The summed E-state index contributed by atoms with van der Waals surface area (Å²) in [5.74, 6) is 6.44. The molecule has 0 saturated heterocycles. The van der Waals surface area contributed by atoms with Crippen LogP contribution in [-0.4, -0.2) is 17.6 Å². The molecule has 1 aromatic heterocycles. The summed E-state index contributed by atoms with van der Waals surface area (Å²) in [7, 11) is 0. The van der Waals surface area contributed by atoms with E-state index in [9.17, 15) is 4.79 Å². The average molecular weight is 269 g/mol. The van der Waals surface area contributed by atoms with Gasteiger partial charge in [-0.2, -0.15) is 0 Å². The topological polar surface area (TPSA) is 62.5 Å². The predicted molar refractivity (Wildman–Crippen MR) is 76.5 cm³/mol. The van der Waals surface area contributed by atoms with E-state index in [2.05, 4.69) is 17.2 Å². The Morgan fingerprint density at radius 2 is 2.15 bits per heavy atom. The van der Waals surface area contributed by atoms with Gasteiger partial charge in [0.05, 0.1) is 5.56 Å². The van der Waals surface area contributed by atoms with Crippen LogP contribution in [0.25, 0.3) is 0 Å². The van der Waals surface area contributed by atoms with Crippen molar-refractivity contribution in [1.82, 2.24) is 0 Å². The zero-order valence-electron chi connectivity index (χ0n) is 11.4. The molecule has 1 heterocycles. The van der Waals surface area contributed by atoms with Gasteiger partial charge in [0.25, 0.3) is 5.91 Å². The predicted octanol–water partition coefficient (Wildman–Crippen LogP) is 2.49. The highest BCUT2D eigenvalue weighted by Crippen LogP contribution is 2.16. The summed E-state index contributed by atoms with van der Waals surface area (Å²) < 4.78 is 5.34. The third-order valence-corrected chi connectivity index (χ3v) is 2.72. The summed E-state index contributed by atoms with van der Waals surface area (Å²) in [5, 5.41) is 11.5. The number of aliphatic hydroxyl groups is 1. The Labute approximate surface area is 117 Å². The molecule has 1 amide bonds. The SMILES string of the molecule is Cc1cc(C(=O)Nc2cccc(C#CCO)c2)c(C)o1. The fourth-order valence-corrected chi connectivity index (χ4v) is 1.87. The van der Waals surface area contributed by atoms with Crippen LogP contribution in [0.2, 0.25) is 0 Å². The normalized spacial score (nSPS) is 9.75. The van der Waals surface area contributed by atoms with E-state index in [1.807, 2.05) is 6.07 Å². The summed E-state index contributed by atoms with van der Waals surface area (Å²) >= 11 is 0. The van der Waals surface area contributed by atoms with Crippen LogP contribution in [0.15, 0.2) is 34.7 Å². The molecule has 0 aliphatic rings. The molecule has 2 aromatic rings. The number of furan rings is 1. The highest BCUT2D eigenvalue weighted by molar-refractivity contribution is 6.05. The highest BCUT2D eigenvalue weighted by Gasteiger charge is 2.13. The van der Waals surface area contributed by atoms with Crippen LogP contribution < -0.4 is 5.32 Å². The monoisotopic (exact) mass is 269 g/mol. The van der Waals surface area contributed by atoms with Gasteiger partial charge >= 0.3 is 0 Å². The number of nitrogens with one attached hydrogen (secondary N) is 1. The second-order valence-corrected chi connectivity index (χ2v) is 4.32. The zero-order chi connectivity index (χ0) is 14.5. The summed E-state index contributed by atoms with van der Waals surface area (Å²) in [6.07, 6.45) is 0. The molecule has 0 radical (unpaired) electrons. The molecule has 20 heavy (non-hydrogen) atoms. The fourth-order valence-electron chi connectivity index (χ4n) is 1.87. The van der Waals surface area contributed by atoms with Crippen molar-refractivity contribution in [3.05, 3.63) is 53.0 Å². The van der Waals surface area contributed by atoms with Crippen molar-refractivity contribution in [3.63, 3.8) is 0 Å². The van der Waals surface area contributed by atoms with Crippen LogP contribution in [-0.2, 0) is 0 Å². The Morgan fingerprint density at radius 3 is 2.80 bits per heavy atom. The number of hydrogen-bond donors (Lipinski definition) is 2. The minimum Gasteiger partial charge on any atom is -0.466 e. The van der Waals surface area contributed by atoms with Gasteiger partial charge in [-0.05, 0) is 38.1 Å². The van der Waals surface area contributed by atoms with E-state index >= 15 is 0 Å². The first-order valence-corrected chi connectivity index (χ1v) is 6.18. The fraction of sp³-hybridized carbons (Fsp3) is 0.188. The number of carbonyl (C=O) groups excluding carboxylic acids is 1. The van der Waals surface area contributed by atoms with Gasteiger partial charge in [-0.3, -0.25) is 4.79 Å². The van der Waals surface area contributed by atoms with Crippen molar-refractivity contribution in [2.45, 2.75) is 13.8 Å². The molecule has 4 nitrogen and oxygen atoms in total. The van der Waals surface area contributed by atoms with E-state index in [0.717, 1.165) is 5.56 Å². The van der Waals surface area contributed by atoms with Crippen molar-refractivity contribution in [2.75, 3.05) is 11.9 Å². The van der Waals surface area contributed by atoms with Crippen LogP contribution >= 0.6 is 0 Å². The summed E-state index contributed by atoms with van der Waals surface area (Å²) in [4.78, 5) is 12.1. The maximum atomic E-state index is 12.1. The van der Waals surface area contributed by atoms with Gasteiger partial charge in [0.2, 0.25) is 0 Å². The first-order chi connectivity index (χ1) is 9.60. The Bertz CT molecular complexity index is 689. The number of carbonyl (C=O) groups is 1. The molecule has 0 fully saturated rings. The lowest BCUT2D eigenvalue weighted by Crippen LogP contribution is -2.12. The van der Waals surface area contributed by atoms with Crippen molar-refractivity contribution in [1.29, 1.82) is 0 Å². The minimum atomic E-state index is -0.216. The average Bonchev–Trinajstić information content (AvgIpc) is 2.76. The van der Waals surface area contributed by atoms with E-state index in [-0.39, 0.29) is 12.5 Å². The van der Waals surface area contributed by atoms with Crippen molar-refractivity contribution in [2.24, 2.45) is 0 Å². The van der Waals surface area contributed by atoms with Crippen molar-refractivity contribution < 1.29 is 14.3 Å². The van der Waals surface area contributed by atoms with E-state index in [4.69, 9.17) is 9.52 Å². The van der Waals surface area contributed by atoms with Crippen molar-refractivity contribution in [3.8, 4) is 11.8 Å². The van der Waals surface area contributed by atoms with Crippen LogP contribution in [0.1, 0.15) is 27.4 Å². The molecule has 4 heteroatoms. The number of anilines is 1. The van der Waals surface area contributed by atoms with Gasteiger partial charge < -0.3 is 14.8 Å². The molecule has 0 spiro atoms. The molecule has 102 valence electrons. The van der Waals surface area contributed by atoms with Crippen LogP contribution in [0, 0.1) is 25.7 Å². The number of hydrogen-bond acceptors (Lipinski definition) is 3. The molecule has 0 saturated carbocycles. The van der Waals surface area contributed by atoms with E-state index in [0.29, 0.717) is 22.8 Å². The largest absolute Gasteiger partial charge is 0.466 e. The molecule has 2 N–H and O–H groups in total. The molecule has 0 aliphatic carbocycles. The molecule has 2 rings (SSSR count). The molecular weight excluding hydrogens is 254 g/mol. The number of aliphatic hydroxyl groups excluding tert-OH is 1. The van der Waals surface area contributed by atoms with Gasteiger partial charge in [0.1, 0.15) is 18.1 Å². The molecule has 0 unspecified atom stereocenters. The van der Waals surface area contributed by atoms with Gasteiger partial charge in [0.15, 0.2) is 0 Å². The van der Waals surface area contributed by atoms with Crippen LogP contribution in [0.3, 0.4) is 0 Å². The maximum absolute atomic E-state index is 12.1. The van der Waals surface area contributed by atoms with Gasteiger partial charge in [-0.1, -0.05) is 17.9 Å². The lowest BCUT2D eigenvalue weighted by Gasteiger charge is -2.04. The Hall–Kier alpha value is -2.51. The molecule has 1 aromatic carbocycles. The van der Waals surface area contributed by atoms with Crippen molar-refractivity contribution >= 4 is 11.6 Å². The van der Waals surface area contributed by atoms with Crippen LogP contribution in [0.5, 0.6) is 0 Å². The Balaban J connectivity index is 2.17. The van der Waals surface area contributed by atoms with Gasteiger partial charge in [0, 0.05) is 11.3 Å². The Kier molecular flexibility index (Phi) is 4.24. The summed E-state index contributed by atoms with van der Waals surface area (Å²) in [6.45, 7) is 3.37. The standard InChI is InChI=1S/C16H15NO3/c1-11-9-15(12(2)20-11)16(19)17-14-7-3-5-13(10-14)6-4-8-18/h3,5,7,9-10,18H,8H2,1-2H3,(H,17,19). The van der Waals surface area contributed by atoms with Gasteiger partial charge in [-0.25, -0.2) is 0 Å². The minimum absolute atomic E-state index is 0.190. The van der Waals surface area contributed by atoms with Crippen LogP contribution in [0.4, 0.5) is 5.69 Å². The quantitative estimate of drug-likeness (QED) is 0.823. The molecular formula is C16H15NO3. The lowest BCUT2D eigenvalue weighted by molar-refractivity contribution is 0.102. The summed E-state index contributed by atoms with van der Waals surface area (Å²) in [6, 6.07) is 8.85. The number of rotatable bonds is 2. The van der Waals surface area contributed by atoms with E-state index in [1.165, 1.54) is 0 Å². The molecule has 0 atom stereocenters. The number of aryl methyl sites for hydroxylation is 2. The Morgan fingerprint density at radius 1 is 1.35 bits per heavy atom. The maximum Gasteiger partial charge on any atom is 0.259 e. The number of benzene rings is 1. The van der Waals surface area contributed by atoms with Gasteiger partial charge in [-0.15, -0.1) is 0 Å². The van der Waals surface area contributed by atoms with E-state index < -0.39 is 0 Å². The van der Waals surface area contributed by atoms with E-state index in [1.54, 1.807) is 38.1 Å². The third-order valence-electron chi connectivity index (χ3n) is 2.72. The zero-order valence-corrected chi connectivity index (χ0v) is 11.4. The molecule has 0 bridgehead atoms.